The van der Waals surface area contributed by atoms with Gasteiger partial charge in [0.1, 0.15) is 0 Å². The molecule has 0 bridgehead atoms. The zero-order valence-electron chi connectivity index (χ0n) is 23.0. The van der Waals surface area contributed by atoms with E-state index in [1.54, 1.807) is 24.3 Å². The Hall–Kier alpha value is -3.95. The van der Waals surface area contributed by atoms with Crippen molar-refractivity contribution >= 4 is 39.0 Å². The number of nitrogens with one attached hydrogen (secondary N) is 4. The lowest BCUT2D eigenvalue weighted by atomic mass is 9.92. The maximum atomic E-state index is 13.3. The van der Waals surface area contributed by atoms with E-state index in [-0.39, 0.29) is 23.0 Å². The van der Waals surface area contributed by atoms with E-state index in [2.05, 4.69) is 44.5 Å². The fourth-order valence-corrected chi connectivity index (χ4v) is 6.19. The van der Waals surface area contributed by atoms with Crippen molar-refractivity contribution in [2.24, 2.45) is 0 Å². The number of hydrogen-bond acceptors (Lipinski definition) is 5. The molecule has 2 aliphatic rings. The highest BCUT2D eigenvalue weighted by Crippen LogP contribution is 2.31. The first-order valence-electron chi connectivity index (χ1n) is 14.1. The largest absolute Gasteiger partial charge is 0.325 e. The molecule has 4 N–H and O–H groups in total. The van der Waals surface area contributed by atoms with Crippen LogP contribution in [0.1, 0.15) is 48.9 Å². The van der Waals surface area contributed by atoms with Crippen LogP contribution in [0.15, 0.2) is 58.1 Å². The summed E-state index contributed by atoms with van der Waals surface area (Å²) in [5.41, 5.74) is 2.67. The Morgan fingerprint density at radius 2 is 1.07 bits per heavy atom. The molecule has 0 unspecified atom stereocenters. The molecule has 0 spiro atoms. The highest BCUT2D eigenvalue weighted by atomic mass is 16.2. The topological polar surface area (TPSA) is 113 Å². The molecule has 208 valence electrons. The molecule has 6 rings (SSSR count). The van der Waals surface area contributed by atoms with E-state index in [1.165, 1.54) is 0 Å². The maximum Gasteiger partial charge on any atom is 0.323 e. The number of piperidine rings is 2. The lowest BCUT2D eigenvalue weighted by Gasteiger charge is -2.29. The number of fused-ring (bicyclic) bond motifs is 2. The molecule has 9 heteroatoms. The number of carbonyl (C=O) groups excluding carboxylic acids is 1. The summed E-state index contributed by atoms with van der Waals surface area (Å²) in [6, 6.07) is 14.3. The van der Waals surface area contributed by atoms with Gasteiger partial charge in [0.15, 0.2) is 0 Å². The summed E-state index contributed by atoms with van der Waals surface area (Å²) < 4.78 is 0. The lowest BCUT2D eigenvalue weighted by molar-refractivity contribution is 0.253. The van der Waals surface area contributed by atoms with Crippen molar-refractivity contribution < 1.29 is 4.79 Å². The molecule has 2 aliphatic heterocycles. The first-order chi connectivity index (χ1) is 19.4. The Labute approximate surface area is 232 Å². The number of anilines is 2. The van der Waals surface area contributed by atoms with Crippen LogP contribution >= 0.6 is 0 Å². The minimum absolute atomic E-state index is 0.148. The Balaban J connectivity index is 1.28. The monoisotopic (exact) mass is 540 g/mol. The Morgan fingerprint density at radius 3 is 1.48 bits per heavy atom. The summed E-state index contributed by atoms with van der Waals surface area (Å²) in [5.74, 6) is 0.561. The van der Waals surface area contributed by atoms with Crippen LogP contribution in [0.25, 0.3) is 21.5 Å². The molecule has 2 aromatic carbocycles. The maximum absolute atomic E-state index is 13.3. The summed E-state index contributed by atoms with van der Waals surface area (Å²) in [6.45, 7) is 3.95. The second kappa shape index (κ2) is 10.9. The highest BCUT2D eigenvalue weighted by molar-refractivity contribution is 6.09. The van der Waals surface area contributed by atoms with Crippen LogP contribution in [0.3, 0.4) is 0 Å². The second-order valence-corrected chi connectivity index (χ2v) is 11.4. The number of amides is 2. The number of likely N-dealkylation sites (tertiary alicyclic amines) is 2. The van der Waals surface area contributed by atoms with Crippen LogP contribution in [0.2, 0.25) is 0 Å². The number of hydrogen-bond donors (Lipinski definition) is 4. The highest BCUT2D eigenvalue weighted by Gasteiger charge is 2.22. The first-order valence-corrected chi connectivity index (χ1v) is 14.1. The molecule has 0 aliphatic carbocycles. The number of nitrogens with zero attached hydrogens (tertiary/aromatic N) is 2. The van der Waals surface area contributed by atoms with Crippen molar-refractivity contribution in [1.29, 1.82) is 0 Å². The molecule has 2 amide bonds. The van der Waals surface area contributed by atoms with Gasteiger partial charge in [-0.3, -0.25) is 9.59 Å². The summed E-state index contributed by atoms with van der Waals surface area (Å²) in [6.07, 6.45) is 3.92. The molecule has 2 aromatic heterocycles. The molecule has 0 saturated carbocycles. The average molecular weight is 541 g/mol. The third-order valence-electron chi connectivity index (χ3n) is 8.63. The molecule has 0 atom stereocenters. The number of aromatic amines is 2. The standard InChI is InChI=1S/C31H36N6O3/c1-36-13-9-19(10-14-36)27-17-23-21(29(38)32-27)5-3-7-25(23)34-31(40)35-26-8-4-6-22-24(26)18-28(33-30(22)39)20-11-15-37(2)16-12-20/h3-8,17-20H,9-16H2,1-2H3,(H,32,38)(H,33,39)(H2,34,35,40). The molecule has 9 nitrogen and oxygen atoms in total. The van der Waals surface area contributed by atoms with Crippen LogP contribution in [0.5, 0.6) is 0 Å². The quantitative estimate of drug-likeness (QED) is 0.301. The van der Waals surface area contributed by atoms with Gasteiger partial charge in [-0.25, -0.2) is 4.79 Å². The molecule has 0 radical (unpaired) electrons. The Bertz CT molecular complexity index is 1550. The van der Waals surface area contributed by atoms with E-state index in [4.69, 9.17) is 0 Å². The van der Waals surface area contributed by atoms with E-state index in [1.807, 2.05) is 24.3 Å². The molecule has 40 heavy (non-hydrogen) atoms. The van der Waals surface area contributed by atoms with E-state index in [0.29, 0.717) is 32.9 Å². The van der Waals surface area contributed by atoms with Gasteiger partial charge in [0.25, 0.3) is 11.1 Å². The molecule has 2 saturated heterocycles. The van der Waals surface area contributed by atoms with Gasteiger partial charge in [-0.05, 0) is 102 Å². The van der Waals surface area contributed by atoms with Gasteiger partial charge in [-0.2, -0.15) is 0 Å². The summed E-state index contributed by atoms with van der Waals surface area (Å²) >= 11 is 0. The molecule has 4 aromatic rings. The molecular formula is C31H36N6O3. The van der Waals surface area contributed by atoms with Crippen LogP contribution in [0, 0.1) is 0 Å². The zero-order chi connectivity index (χ0) is 27.8. The fourth-order valence-electron chi connectivity index (χ4n) is 6.19. The number of rotatable bonds is 4. The third-order valence-corrected chi connectivity index (χ3v) is 8.63. The number of urea groups is 1. The van der Waals surface area contributed by atoms with Crippen molar-refractivity contribution in [1.82, 2.24) is 19.8 Å². The van der Waals surface area contributed by atoms with Gasteiger partial charge < -0.3 is 30.4 Å². The van der Waals surface area contributed by atoms with Gasteiger partial charge in [0.2, 0.25) is 0 Å². The summed E-state index contributed by atoms with van der Waals surface area (Å²) in [4.78, 5) is 50.0. The first kappa shape index (κ1) is 26.3. The van der Waals surface area contributed by atoms with Crippen molar-refractivity contribution in [2.75, 3.05) is 50.9 Å². The minimum Gasteiger partial charge on any atom is -0.325 e. The molecular weight excluding hydrogens is 504 g/mol. The third kappa shape index (κ3) is 5.26. The fraction of sp³-hybridized carbons (Fsp3) is 0.387. The van der Waals surface area contributed by atoms with Crippen molar-refractivity contribution in [3.8, 4) is 0 Å². The van der Waals surface area contributed by atoms with Gasteiger partial charge >= 0.3 is 6.03 Å². The van der Waals surface area contributed by atoms with E-state index >= 15 is 0 Å². The smallest absolute Gasteiger partial charge is 0.323 e. The van der Waals surface area contributed by atoms with Gasteiger partial charge in [-0.1, -0.05) is 12.1 Å². The van der Waals surface area contributed by atoms with E-state index in [0.717, 1.165) is 63.3 Å². The normalized spacial score (nSPS) is 17.9. The van der Waals surface area contributed by atoms with Crippen LogP contribution in [0.4, 0.5) is 16.2 Å². The summed E-state index contributed by atoms with van der Waals surface area (Å²) in [7, 11) is 4.23. The number of pyridine rings is 2. The zero-order valence-corrected chi connectivity index (χ0v) is 23.0. The van der Waals surface area contributed by atoms with Crippen molar-refractivity contribution in [3.63, 3.8) is 0 Å². The second-order valence-electron chi connectivity index (χ2n) is 11.4. The average Bonchev–Trinajstić information content (AvgIpc) is 2.94. The Kier molecular flexibility index (Phi) is 7.16. The predicted octanol–water partition coefficient (Wildman–Crippen LogP) is 4.63. The number of carbonyl (C=O) groups is 1. The Morgan fingerprint density at radius 1 is 0.675 bits per heavy atom. The molecule has 4 heterocycles. The minimum atomic E-state index is -0.428. The van der Waals surface area contributed by atoms with Crippen LogP contribution < -0.4 is 21.8 Å². The van der Waals surface area contributed by atoms with Gasteiger partial charge in [0, 0.05) is 44.8 Å². The SMILES string of the molecule is CN1CCC(c2cc3c(NC(=O)Nc4cccc5c(=O)[nH]c(C6CCN(C)CC6)cc45)cccc3c(=O)[nH]2)CC1. The van der Waals surface area contributed by atoms with Crippen molar-refractivity contribution in [2.45, 2.75) is 37.5 Å². The number of H-pyrrole nitrogens is 2. The van der Waals surface area contributed by atoms with E-state index < -0.39 is 6.03 Å². The van der Waals surface area contributed by atoms with Crippen LogP contribution in [-0.2, 0) is 0 Å². The van der Waals surface area contributed by atoms with Gasteiger partial charge in [0.05, 0.1) is 11.4 Å². The van der Waals surface area contributed by atoms with Crippen molar-refractivity contribution in [3.05, 3.63) is 80.6 Å². The lowest BCUT2D eigenvalue weighted by Crippen LogP contribution is -2.30. The predicted molar refractivity (Wildman–Crippen MR) is 161 cm³/mol. The number of aromatic nitrogens is 2. The van der Waals surface area contributed by atoms with E-state index in [9.17, 15) is 14.4 Å². The van der Waals surface area contributed by atoms with Crippen LogP contribution in [-0.4, -0.2) is 66.1 Å². The number of benzene rings is 2. The summed E-state index contributed by atoms with van der Waals surface area (Å²) in [5, 5.41) is 8.42. The van der Waals surface area contributed by atoms with Gasteiger partial charge in [-0.15, -0.1) is 0 Å². The molecule has 2 fully saturated rings.